The summed E-state index contributed by atoms with van der Waals surface area (Å²) < 4.78 is 5.29. The van der Waals surface area contributed by atoms with E-state index in [0.29, 0.717) is 5.92 Å². The van der Waals surface area contributed by atoms with E-state index in [2.05, 4.69) is 15.3 Å². The van der Waals surface area contributed by atoms with Crippen molar-refractivity contribution >= 4 is 5.95 Å². The third-order valence-electron chi connectivity index (χ3n) is 2.46. The molecule has 0 aliphatic carbocycles. The van der Waals surface area contributed by atoms with Gasteiger partial charge in [0.2, 0.25) is 5.95 Å². The van der Waals surface area contributed by atoms with Crippen molar-refractivity contribution in [2.24, 2.45) is 5.92 Å². The van der Waals surface area contributed by atoms with Crippen LogP contribution < -0.4 is 5.32 Å². The van der Waals surface area contributed by atoms with E-state index < -0.39 is 0 Å². The smallest absolute Gasteiger partial charge is 0.222 e. The number of aromatic nitrogens is 2. The van der Waals surface area contributed by atoms with E-state index in [0.717, 1.165) is 38.5 Å². The molecule has 0 spiro atoms. The Bertz CT molecular complexity index is 259. The van der Waals surface area contributed by atoms with Gasteiger partial charge in [-0.1, -0.05) is 0 Å². The van der Waals surface area contributed by atoms with Gasteiger partial charge in [-0.2, -0.15) is 0 Å². The molecule has 0 amide bonds. The molecule has 1 aliphatic rings. The van der Waals surface area contributed by atoms with Crippen LogP contribution in [0.25, 0.3) is 0 Å². The lowest BCUT2D eigenvalue weighted by Crippen LogP contribution is -2.23. The molecular formula is C10H15N3O. The number of ether oxygens (including phenoxy) is 1. The summed E-state index contributed by atoms with van der Waals surface area (Å²) in [7, 11) is 0. The van der Waals surface area contributed by atoms with E-state index >= 15 is 0 Å². The molecule has 0 unspecified atom stereocenters. The summed E-state index contributed by atoms with van der Waals surface area (Å²) in [5.41, 5.74) is 0. The Labute approximate surface area is 83.7 Å². The first-order valence-corrected chi connectivity index (χ1v) is 5.04. The van der Waals surface area contributed by atoms with Crippen molar-refractivity contribution in [1.29, 1.82) is 0 Å². The van der Waals surface area contributed by atoms with Gasteiger partial charge < -0.3 is 10.1 Å². The van der Waals surface area contributed by atoms with Gasteiger partial charge in [0, 0.05) is 32.2 Å². The predicted molar refractivity (Wildman–Crippen MR) is 54.1 cm³/mol. The molecule has 2 rings (SSSR count). The first-order valence-electron chi connectivity index (χ1n) is 5.04. The molecule has 4 nitrogen and oxygen atoms in total. The van der Waals surface area contributed by atoms with Crippen molar-refractivity contribution in [2.75, 3.05) is 25.1 Å². The molecular weight excluding hydrogens is 178 g/mol. The molecule has 0 saturated carbocycles. The third-order valence-corrected chi connectivity index (χ3v) is 2.46. The number of hydrogen-bond donors (Lipinski definition) is 1. The van der Waals surface area contributed by atoms with E-state index in [1.54, 1.807) is 12.4 Å². The summed E-state index contributed by atoms with van der Waals surface area (Å²) in [6.07, 6.45) is 5.78. The zero-order chi connectivity index (χ0) is 9.64. The Balaban J connectivity index is 1.76. The summed E-state index contributed by atoms with van der Waals surface area (Å²) in [5, 5.41) is 3.24. The molecule has 0 atom stereocenters. The van der Waals surface area contributed by atoms with Crippen molar-refractivity contribution in [2.45, 2.75) is 12.8 Å². The molecule has 0 radical (unpaired) electrons. The molecule has 2 heterocycles. The highest BCUT2D eigenvalue weighted by molar-refractivity contribution is 5.21. The molecule has 1 aliphatic heterocycles. The number of rotatable bonds is 3. The number of nitrogens with one attached hydrogen (secondary N) is 1. The largest absolute Gasteiger partial charge is 0.381 e. The summed E-state index contributed by atoms with van der Waals surface area (Å²) in [6.45, 7) is 2.73. The van der Waals surface area contributed by atoms with Gasteiger partial charge in [0.15, 0.2) is 0 Å². The van der Waals surface area contributed by atoms with Crippen LogP contribution in [0.3, 0.4) is 0 Å². The van der Waals surface area contributed by atoms with Crippen LogP contribution in [0, 0.1) is 5.92 Å². The molecule has 76 valence electrons. The van der Waals surface area contributed by atoms with Crippen LogP contribution in [0.4, 0.5) is 5.95 Å². The average Bonchev–Trinajstić information content (AvgIpc) is 2.29. The van der Waals surface area contributed by atoms with E-state index in [-0.39, 0.29) is 0 Å². The van der Waals surface area contributed by atoms with Crippen LogP contribution >= 0.6 is 0 Å². The van der Waals surface area contributed by atoms with Crippen LogP contribution in [0.1, 0.15) is 12.8 Å². The van der Waals surface area contributed by atoms with Crippen LogP contribution in [-0.4, -0.2) is 29.7 Å². The summed E-state index contributed by atoms with van der Waals surface area (Å²) >= 11 is 0. The molecule has 1 fully saturated rings. The van der Waals surface area contributed by atoms with Crippen molar-refractivity contribution in [1.82, 2.24) is 9.97 Å². The van der Waals surface area contributed by atoms with Gasteiger partial charge in [-0.25, -0.2) is 9.97 Å². The van der Waals surface area contributed by atoms with Crippen molar-refractivity contribution < 1.29 is 4.74 Å². The second-order valence-corrected chi connectivity index (χ2v) is 3.51. The Kier molecular flexibility index (Phi) is 3.29. The van der Waals surface area contributed by atoms with Crippen molar-refractivity contribution in [3.8, 4) is 0 Å². The monoisotopic (exact) mass is 193 g/mol. The fraction of sp³-hybridized carbons (Fsp3) is 0.600. The SMILES string of the molecule is c1cnc(NCC2CCOCC2)nc1. The molecule has 1 aromatic rings. The fourth-order valence-electron chi connectivity index (χ4n) is 1.58. The standard InChI is InChI=1S/C10H15N3O/c1-4-11-10(12-5-1)13-8-9-2-6-14-7-3-9/h1,4-5,9H,2-3,6-8H2,(H,11,12,13). The Morgan fingerprint density at radius 1 is 1.29 bits per heavy atom. The van der Waals surface area contributed by atoms with Gasteiger partial charge in [0.05, 0.1) is 0 Å². The van der Waals surface area contributed by atoms with E-state index in [4.69, 9.17) is 4.74 Å². The topological polar surface area (TPSA) is 47.0 Å². The molecule has 14 heavy (non-hydrogen) atoms. The zero-order valence-electron chi connectivity index (χ0n) is 8.15. The first kappa shape index (κ1) is 9.40. The maximum Gasteiger partial charge on any atom is 0.222 e. The van der Waals surface area contributed by atoms with Gasteiger partial charge in [-0.05, 0) is 24.8 Å². The highest BCUT2D eigenvalue weighted by Crippen LogP contribution is 2.14. The third kappa shape index (κ3) is 2.67. The van der Waals surface area contributed by atoms with Crippen LogP contribution in [0.2, 0.25) is 0 Å². The maximum absolute atomic E-state index is 5.29. The Hall–Kier alpha value is -1.16. The zero-order valence-corrected chi connectivity index (χ0v) is 8.15. The first-order chi connectivity index (χ1) is 6.95. The minimum atomic E-state index is 0.701. The minimum absolute atomic E-state index is 0.701. The van der Waals surface area contributed by atoms with E-state index in [9.17, 15) is 0 Å². The second-order valence-electron chi connectivity index (χ2n) is 3.51. The molecule has 4 heteroatoms. The van der Waals surface area contributed by atoms with Crippen LogP contribution in [-0.2, 0) is 4.74 Å². The van der Waals surface area contributed by atoms with Crippen molar-refractivity contribution in [3.05, 3.63) is 18.5 Å². The summed E-state index contributed by atoms with van der Waals surface area (Å²) in [4.78, 5) is 8.22. The van der Waals surface area contributed by atoms with Gasteiger partial charge in [0.1, 0.15) is 0 Å². The second kappa shape index (κ2) is 4.91. The van der Waals surface area contributed by atoms with Crippen LogP contribution in [0.5, 0.6) is 0 Å². The van der Waals surface area contributed by atoms with E-state index in [1.165, 1.54) is 0 Å². The Morgan fingerprint density at radius 3 is 2.71 bits per heavy atom. The molecule has 1 aromatic heterocycles. The van der Waals surface area contributed by atoms with E-state index in [1.807, 2.05) is 6.07 Å². The molecule has 0 aromatic carbocycles. The normalized spacial score (nSPS) is 18.0. The molecule has 0 bridgehead atoms. The maximum atomic E-state index is 5.29. The quantitative estimate of drug-likeness (QED) is 0.786. The van der Waals surface area contributed by atoms with Gasteiger partial charge >= 0.3 is 0 Å². The Morgan fingerprint density at radius 2 is 2.00 bits per heavy atom. The minimum Gasteiger partial charge on any atom is -0.381 e. The summed E-state index contributed by atoms with van der Waals surface area (Å²) in [6, 6.07) is 1.82. The fourth-order valence-corrected chi connectivity index (χ4v) is 1.58. The highest BCUT2D eigenvalue weighted by atomic mass is 16.5. The summed E-state index contributed by atoms with van der Waals surface area (Å²) in [5.74, 6) is 1.42. The van der Waals surface area contributed by atoms with Crippen molar-refractivity contribution in [3.63, 3.8) is 0 Å². The number of nitrogens with zero attached hydrogens (tertiary/aromatic N) is 2. The lowest BCUT2D eigenvalue weighted by atomic mass is 10.0. The highest BCUT2D eigenvalue weighted by Gasteiger charge is 2.13. The van der Waals surface area contributed by atoms with Gasteiger partial charge in [0.25, 0.3) is 0 Å². The van der Waals surface area contributed by atoms with Gasteiger partial charge in [-0.3, -0.25) is 0 Å². The predicted octanol–water partition coefficient (Wildman–Crippen LogP) is 1.32. The van der Waals surface area contributed by atoms with Crippen LogP contribution in [0.15, 0.2) is 18.5 Å². The lowest BCUT2D eigenvalue weighted by molar-refractivity contribution is 0.0699. The number of anilines is 1. The molecule has 1 saturated heterocycles. The molecule has 1 N–H and O–H groups in total. The number of hydrogen-bond acceptors (Lipinski definition) is 4. The van der Waals surface area contributed by atoms with Gasteiger partial charge in [-0.15, -0.1) is 0 Å². The average molecular weight is 193 g/mol. The lowest BCUT2D eigenvalue weighted by Gasteiger charge is -2.21.